The molecule has 2 heterocycles. The Morgan fingerprint density at radius 3 is 2.39 bits per heavy atom. The molecule has 2 atom stereocenters. The zero-order valence-electron chi connectivity index (χ0n) is 17.7. The van der Waals surface area contributed by atoms with Crippen molar-refractivity contribution >= 4 is 33.4 Å². The number of rotatable bonds is 5. The van der Waals surface area contributed by atoms with Crippen LogP contribution in [0.25, 0.3) is 0 Å². The van der Waals surface area contributed by atoms with E-state index in [0.29, 0.717) is 18.5 Å². The van der Waals surface area contributed by atoms with E-state index < -0.39 is 6.04 Å². The van der Waals surface area contributed by atoms with Crippen LogP contribution < -0.4 is 10.2 Å². The van der Waals surface area contributed by atoms with Crippen LogP contribution in [-0.2, 0) is 9.53 Å². The number of hydrogen-bond acceptors (Lipinski definition) is 4. The number of morpholine rings is 1. The molecule has 2 aromatic carbocycles. The van der Waals surface area contributed by atoms with Gasteiger partial charge in [0.15, 0.2) is 0 Å². The number of ether oxygens (including phenoxy) is 1. The van der Waals surface area contributed by atoms with Gasteiger partial charge in [-0.3, -0.25) is 9.59 Å². The maximum atomic E-state index is 13.0. The molecule has 1 N–H and O–H groups in total. The molecule has 0 aromatic heterocycles. The largest absolute Gasteiger partial charge is 0.378 e. The lowest BCUT2D eigenvalue weighted by atomic mass is 10.1. The molecule has 0 aliphatic carbocycles. The third-order valence-corrected chi connectivity index (χ3v) is 6.56. The van der Waals surface area contributed by atoms with Gasteiger partial charge in [-0.2, -0.15) is 0 Å². The molecule has 4 rings (SSSR count). The van der Waals surface area contributed by atoms with Gasteiger partial charge in [0.05, 0.1) is 19.3 Å². The quantitative estimate of drug-likeness (QED) is 0.699. The molecule has 2 amide bonds. The molecule has 0 spiro atoms. The maximum absolute atomic E-state index is 13.0. The first-order valence-corrected chi connectivity index (χ1v) is 11.6. The van der Waals surface area contributed by atoms with Crippen LogP contribution in [0.3, 0.4) is 0 Å². The Morgan fingerprint density at radius 2 is 1.71 bits per heavy atom. The summed E-state index contributed by atoms with van der Waals surface area (Å²) in [7, 11) is 0. The van der Waals surface area contributed by atoms with Gasteiger partial charge < -0.3 is 19.9 Å². The van der Waals surface area contributed by atoms with Gasteiger partial charge in [0.1, 0.15) is 6.04 Å². The predicted molar refractivity (Wildman–Crippen MR) is 124 cm³/mol. The summed E-state index contributed by atoms with van der Waals surface area (Å²) in [5.74, 6) is -0.180. The lowest BCUT2D eigenvalue weighted by Gasteiger charge is -2.29. The molecule has 31 heavy (non-hydrogen) atoms. The second-order valence-corrected chi connectivity index (χ2v) is 9.00. The molecule has 7 heteroatoms. The van der Waals surface area contributed by atoms with Crippen molar-refractivity contribution in [2.75, 3.05) is 37.7 Å². The van der Waals surface area contributed by atoms with E-state index in [2.05, 4.69) is 50.4 Å². The van der Waals surface area contributed by atoms with Crippen molar-refractivity contribution in [3.8, 4) is 0 Å². The van der Waals surface area contributed by atoms with E-state index in [0.717, 1.165) is 42.8 Å². The van der Waals surface area contributed by atoms with Gasteiger partial charge in [-0.15, -0.1) is 0 Å². The first-order chi connectivity index (χ1) is 15.0. The first-order valence-electron chi connectivity index (χ1n) is 10.8. The van der Waals surface area contributed by atoms with E-state index in [4.69, 9.17) is 4.74 Å². The number of carbonyl (C=O) groups excluding carboxylic acids is 2. The number of nitrogens with one attached hydrogen (secondary N) is 1. The highest BCUT2D eigenvalue weighted by Crippen LogP contribution is 2.24. The molecule has 0 radical (unpaired) electrons. The van der Waals surface area contributed by atoms with E-state index in [1.807, 2.05) is 19.1 Å². The summed E-state index contributed by atoms with van der Waals surface area (Å²) >= 11 is 3.39. The SMILES string of the molecule is CC(NC(=O)C1CCCN1C(=O)c1ccc(Br)cc1)c1ccc(N2CCOCC2)cc1. The topological polar surface area (TPSA) is 61.9 Å². The molecule has 2 saturated heterocycles. The summed E-state index contributed by atoms with van der Waals surface area (Å²) in [6.07, 6.45) is 1.53. The van der Waals surface area contributed by atoms with Crippen molar-refractivity contribution in [1.82, 2.24) is 10.2 Å². The third kappa shape index (κ3) is 5.10. The van der Waals surface area contributed by atoms with Gasteiger partial charge in [-0.05, 0) is 61.7 Å². The van der Waals surface area contributed by atoms with Gasteiger partial charge >= 0.3 is 0 Å². The fourth-order valence-electron chi connectivity index (χ4n) is 4.23. The van der Waals surface area contributed by atoms with Crippen LogP contribution in [0.1, 0.15) is 41.7 Å². The zero-order chi connectivity index (χ0) is 21.8. The summed E-state index contributed by atoms with van der Waals surface area (Å²) < 4.78 is 6.34. The Bertz CT molecular complexity index is 911. The molecular formula is C24H28BrN3O3. The molecular weight excluding hydrogens is 458 g/mol. The third-order valence-electron chi connectivity index (χ3n) is 6.04. The van der Waals surface area contributed by atoms with Crippen molar-refractivity contribution in [2.24, 2.45) is 0 Å². The highest BCUT2D eigenvalue weighted by Gasteiger charge is 2.35. The van der Waals surface area contributed by atoms with E-state index in [9.17, 15) is 9.59 Å². The van der Waals surface area contributed by atoms with E-state index in [1.54, 1.807) is 17.0 Å². The lowest BCUT2D eigenvalue weighted by molar-refractivity contribution is -0.125. The second-order valence-electron chi connectivity index (χ2n) is 8.08. The zero-order valence-corrected chi connectivity index (χ0v) is 19.3. The van der Waals surface area contributed by atoms with Crippen LogP contribution in [0, 0.1) is 0 Å². The summed E-state index contributed by atoms with van der Waals surface area (Å²) in [6, 6.07) is 15.1. The van der Waals surface area contributed by atoms with E-state index in [1.165, 1.54) is 5.69 Å². The summed E-state index contributed by atoms with van der Waals surface area (Å²) in [6.45, 7) is 5.90. The summed E-state index contributed by atoms with van der Waals surface area (Å²) in [5.41, 5.74) is 2.83. The summed E-state index contributed by atoms with van der Waals surface area (Å²) in [4.78, 5) is 30.0. The average Bonchev–Trinajstić information content (AvgIpc) is 3.30. The van der Waals surface area contributed by atoms with Gasteiger partial charge in [0, 0.05) is 35.4 Å². The molecule has 164 valence electrons. The smallest absolute Gasteiger partial charge is 0.254 e. The highest BCUT2D eigenvalue weighted by molar-refractivity contribution is 9.10. The fourth-order valence-corrected chi connectivity index (χ4v) is 4.49. The molecule has 2 aliphatic rings. The molecule has 6 nitrogen and oxygen atoms in total. The van der Waals surface area contributed by atoms with Gasteiger partial charge in [0.25, 0.3) is 5.91 Å². The maximum Gasteiger partial charge on any atom is 0.254 e. The first kappa shape index (κ1) is 21.8. The van der Waals surface area contributed by atoms with Crippen LogP contribution in [-0.4, -0.2) is 55.6 Å². The van der Waals surface area contributed by atoms with Gasteiger partial charge in [0.2, 0.25) is 5.91 Å². The number of anilines is 1. The summed E-state index contributed by atoms with van der Waals surface area (Å²) in [5, 5.41) is 3.11. The van der Waals surface area contributed by atoms with E-state index >= 15 is 0 Å². The van der Waals surface area contributed by atoms with Crippen molar-refractivity contribution in [3.05, 3.63) is 64.1 Å². The number of benzene rings is 2. The van der Waals surface area contributed by atoms with Crippen LogP contribution in [0.2, 0.25) is 0 Å². The number of nitrogens with zero attached hydrogens (tertiary/aromatic N) is 2. The number of amides is 2. The van der Waals surface area contributed by atoms with Crippen molar-refractivity contribution < 1.29 is 14.3 Å². The van der Waals surface area contributed by atoms with Crippen LogP contribution in [0.4, 0.5) is 5.69 Å². The number of likely N-dealkylation sites (tertiary alicyclic amines) is 1. The Morgan fingerprint density at radius 1 is 1.03 bits per heavy atom. The Kier molecular flexibility index (Phi) is 6.92. The second kappa shape index (κ2) is 9.83. The van der Waals surface area contributed by atoms with Crippen molar-refractivity contribution in [2.45, 2.75) is 31.8 Å². The normalized spacial score (nSPS) is 19.9. The fraction of sp³-hybridized carbons (Fsp3) is 0.417. The number of hydrogen-bond donors (Lipinski definition) is 1. The monoisotopic (exact) mass is 485 g/mol. The minimum absolute atomic E-state index is 0.0901. The Balaban J connectivity index is 1.38. The van der Waals surface area contributed by atoms with Crippen LogP contribution in [0.5, 0.6) is 0 Å². The van der Waals surface area contributed by atoms with E-state index in [-0.39, 0.29) is 17.9 Å². The van der Waals surface area contributed by atoms with Gasteiger partial charge in [-0.25, -0.2) is 0 Å². The minimum atomic E-state index is -0.425. The van der Waals surface area contributed by atoms with Crippen LogP contribution >= 0.6 is 15.9 Å². The molecule has 2 fully saturated rings. The molecule has 0 saturated carbocycles. The molecule has 2 aromatic rings. The average molecular weight is 486 g/mol. The highest BCUT2D eigenvalue weighted by atomic mass is 79.9. The number of carbonyl (C=O) groups is 2. The predicted octanol–water partition coefficient (Wildman–Crippen LogP) is 3.77. The van der Waals surface area contributed by atoms with Gasteiger partial charge in [-0.1, -0.05) is 28.1 Å². The molecule has 2 unspecified atom stereocenters. The number of halogens is 1. The Labute approximate surface area is 191 Å². The molecule has 0 bridgehead atoms. The van der Waals surface area contributed by atoms with Crippen LogP contribution in [0.15, 0.2) is 53.0 Å². The Hall–Kier alpha value is -2.38. The van der Waals surface area contributed by atoms with Crippen molar-refractivity contribution in [3.63, 3.8) is 0 Å². The standard InChI is InChI=1S/C24H28BrN3O3/c1-17(18-6-10-21(11-7-18)27-13-15-31-16-14-27)26-23(29)22-3-2-12-28(22)24(30)19-4-8-20(25)9-5-19/h4-11,17,22H,2-3,12-16H2,1H3,(H,26,29). The lowest BCUT2D eigenvalue weighted by Crippen LogP contribution is -2.46. The molecule has 2 aliphatic heterocycles. The minimum Gasteiger partial charge on any atom is -0.378 e. The van der Waals surface area contributed by atoms with Crippen molar-refractivity contribution in [1.29, 1.82) is 0 Å².